The highest BCUT2D eigenvalue weighted by molar-refractivity contribution is 5.92. The summed E-state index contributed by atoms with van der Waals surface area (Å²) in [5.74, 6) is -4.83. The number of hydrogen-bond donors (Lipinski definition) is 0. The molecule has 0 radical (unpaired) electrons. The standard InChI is InChI=1S/C41H67NO14/c1-14-30-16-34(50-26(8)36(30)53-28(10)44)55-33-17-32(56-40-37(54-29(11)45)31(42(12)13)15-21(3)49-40)20(2)18-41(19-48-41)38(46)24(6)35(52-27(9)43)22(4)25(7)51-39(47)23(33)5/h20-26,30-37,40H,14-19H2,1-13H3/t20-,21+,22-,23+,24+,25+,26-,30-,31-,32?,33-,34?,35-,36-,37+,40-,41+/m0/s1. The van der Waals surface area contributed by atoms with Crippen molar-refractivity contribution in [1.82, 2.24) is 4.90 Å². The lowest BCUT2D eigenvalue weighted by atomic mass is 9.78. The van der Waals surface area contributed by atoms with Gasteiger partial charge >= 0.3 is 23.9 Å². The molecular weight excluding hydrogens is 730 g/mol. The van der Waals surface area contributed by atoms with E-state index in [1.54, 1.807) is 27.7 Å². The van der Waals surface area contributed by atoms with Gasteiger partial charge in [0.2, 0.25) is 0 Å². The number of ether oxygens (including phenoxy) is 9. The van der Waals surface area contributed by atoms with Gasteiger partial charge in [0.25, 0.3) is 0 Å². The van der Waals surface area contributed by atoms with E-state index >= 15 is 0 Å². The minimum absolute atomic E-state index is 0.0667. The summed E-state index contributed by atoms with van der Waals surface area (Å²) in [7, 11) is 3.81. The van der Waals surface area contributed by atoms with Gasteiger partial charge in [0.1, 0.15) is 18.3 Å². The average molecular weight is 798 g/mol. The summed E-state index contributed by atoms with van der Waals surface area (Å²) < 4.78 is 55.7. The fourth-order valence-electron chi connectivity index (χ4n) is 8.70. The molecule has 4 heterocycles. The number of carbonyl (C=O) groups excluding carboxylic acids is 5. The Morgan fingerprint density at radius 3 is 1.89 bits per heavy atom. The van der Waals surface area contributed by atoms with Gasteiger partial charge < -0.3 is 47.5 Å². The SMILES string of the molecule is CC[C@H]1CC(O[C@H]2CC(O[C@@H]3O[C@H](C)C[C@H](N(C)C)[C@H]3OC(C)=O)[C@@H](C)C[C@@]3(CO3)C(=O)[C@H](C)[C@@H](OC(C)=O)[C@@H](C)[C@@H](C)OC(=O)[C@@H]2C)O[C@@H](C)[C@@H]1OC(C)=O. The smallest absolute Gasteiger partial charge is 0.311 e. The van der Waals surface area contributed by atoms with Crippen LogP contribution in [-0.2, 0) is 66.6 Å². The van der Waals surface area contributed by atoms with Crippen LogP contribution in [0.25, 0.3) is 0 Å². The topological polar surface area (TPSA) is 175 Å². The van der Waals surface area contributed by atoms with Crippen LogP contribution in [0.2, 0.25) is 0 Å². The molecule has 0 saturated carbocycles. The van der Waals surface area contributed by atoms with E-state index in [0.29, 0.717) is 19.3 Å². The molecule has 4 rings (SSSR count). The molecule has 0 aromatic carbocycles. The van der Waals surface area contributed by atoms with E-state index in [0.717, 1.165) is 0 Å². The largest absolute Gasteiger partial charge is 0.462 e. The van der Waals surface area contributed by atoms with Gasteiger partial charge in [-0.1, -0.05) is 27.7 Å². The van der Waals surface area contributed by atoms with Crippen LogP contribution in [0, 0.1) is 29.6 Å². The Morgan fingerprint density at radius 2 is 1.34 bits per heavy atom. The van der Waals surface area contributed by atoms with Gasteiger partial charge in [0, 0.05) is 45.4 Å². The first kappa shape index (κ1) is 46.0. The number of cyclic esters (lactones) is 1. The van der Waals surface area contributed by atoms with Crippen LogP contribution in [0.15, 0.2) is 0 Å². The monoisotopic (exact) mass is 797 g/mol. The van der Waals surface area contributed by atoms with Gasteiger partial charge in [0.15, 0.2) is 30.1 Å². The average Bonchev–Trinajstić information content (AvgIpc) is 3.89. The van der Waals surface area contributed by atoms with Crippen LogP contribution >= 0.6 is 0 Å². The molecule has 0 aliphatic carbocycles. The summed E-state index contributed by atoms with van der Waals surface area (Å²) in [6.07, 6.45) is -4.87. The normalized spacial score (nSPS) is 42.7. The zero-order chi connectivity index (χ0) is 41.8. The van der Waals surface area contributed by atoms with Gasteiger partial charge in [-0.3, -0.25) is 24.0 Å². The summed E-state index contributed by atoms with van der Waals surface area (Å²) in [6, 6.07) is -0.224. The molecule has 0 bridgehead atoms. The molecule has 0 N–H and O–H groups in total. The Morgan fingerprint density at radius 1 is 0.750 bits per heavy atom. The van der Waals surface area contributed by atoms with Crippen molar-refractivity contribution in [3.05, 3.63) is 0 Å². The van der Waals surface area contributed by atoms with Gasteiger partial charge in [-0.2, -0.15) is 0 Å². The highest BCUT2D eigenvalue weighted by Gasteiger charge is 2.57. The van der Waals surface area contributed by atoms with Crippen LogP contribution in [-0.4, -0.2) is 128 Å². The zero-order valence-corrected chi connectivity index (χ0v) is 35.6. The first-order chi connectivity index (χ1) is 26.2. The van der Waals surface area contributed by atoms with Gasteiger partial charge in [-0.05, 0) is 67.0 Å². The molecule has 4 aliphatic rings. The molecule has 0 aromatic rings. The molecule has 0 amide bonds. The Hall–Kier alpha value is -2.69. The quantitative estimate of drug-likeness (QED) is 0.182. The van der Waals surface area contributed by atoms with Crippen LogP contribution in [0.4, 0.5) is 0 Å². The van der Waals surface area contributed by atoms with Crippen molar-refractivity contribution in [1.29, 1.82) is 0 Å². The molecule has 56 heavy (non-hydrogen) atoms. The Balaban J connectivity index is 1.77. The second-order valence-electron chi connectivity index (χ2n) is 17.0. The zero-order valence-electron chi connectivity index (χ0n) is 35.6. The van der Waals surface area contributed by atoms with Crippen molar-refractivity contribution in [2.45, 2.75) is 181 Å². The highest BCUT2D eigenvalue weighted by atomic mass is 16.7. The number of epoxide rings is 1. The minimum atomic E-state index is -1.16. The van der Waals surface area contributed by atoms with Crippen LogP contribution in [0.3, 0.4) is 0 Å². The lowest BCUT2D eigenvalue weighted by molar-refractivity contribution is -0.289. The van der Waals surface area contributed by atoms with Crippen LogP contribution < -0.4 is 0 Å². The van der Waals surface area contributed by atoms with Gasteiger partial charge in [-0.15, -0.1) is 0 Å². The third-order valence-corrected chi connectivity index (χ3v) is 12.2. The Labute approximate surface area is 332 Å². The number of Topliss-reactive ketones (excluding diaryl/α,β-unsaturated/α-hetero) is 1. The van der Waals surface area contributed by atoms with E-state index in [2.05, 4.69) is 0 Å². The maximum absolute atomic E-state index is 14.3. The molecule has 17 atom stereocenters. The van der Waals surface area contributed by atoms with E-state index in [1.807, 2.05) is 46.7 Å². The number of nitrogens with zero attached hydrogens (tertiary/aromatic N) is 1. The summed E-state index contributed by atoms with van der Waals surface area (Å²) in [5, 5.41) is 0. The Bertz CT molecular complexity index is 1390. The van der Waals surface area contributed by atoms with Crippen molar-refractivity contribution in [2.75, 3.05) is 20.7 Å². The minimum Gasteiger partial charge on any atom is -0.462 e. The van der Waals surface area contributed by atoms with Gasteiger partial charge in [0.05, 0.1) is 48.9 Å². The van der Waals surface area contributed by atoms with Crippen molar-refractivity contribution < 1.29 is 66.6 Å². The predicted octanol–water partition coefficient (Wildman–Crippen LogP) is 4.39. The maximum Gasteiger partial charge on any atom is 0.311 e. The second-order valence-corrected chi connectivity index (χ2v) is 17.0. The molecular formula is C41H67NO14. The number of esters is 4. The van der Waals surface area contributed by atoms with Crippen molar-refractivity contribution in [2.24, 2.45) is 29.6 Å². The number of likely N-dealkylation sites (N-methyl/N-ethyl adjacent to an activating group) is 1. The highest BCUT2D eigenvalue weighted by Crippen LogP contribution is 2.43. The molecule has 15 nitrogen and oxygen atoms in total. The third kappa shape index (κ3) is 11.3. The van der Waals surface area contributed by atoms with E-state index in [1.165, 1.54) is 20.8 Å². The van der Waals surface area contributed by atoms with E-state index < -0.39 is 108 Å². The van der Waals surface area contributed by atoms with Crippen molar-refractivity contribution in [3.8, 4) is 0 Å². The van der Waals surface area contributed by atoms with Crippen LogP contribution in [0.5, 0.6) is 0 Å². The lowest BCUT2D eigenvalue weighted by Crippen LogP contribution is -2.57. The Kier molecular flexibility index (Phi) is 15.9. The summed E-state index contributed by atoms with van der Waals surface area (Å²) in [6.45, 7) is 18.8. The number of ketones is 1. The molecule has 1 spiro atoms. The number of carbonyl (C=O) groups is 5. The fraction of sp³-hybridized carbons (Fsp3) is 0.878. The number of rotatable bonds is 9. The predicted molar refractivity (Wildman–Crippen MR) is 201 cm³/mol. The molecule has 320 valence electrons. The first-order valence-corrected chi connectivity index (χ1v) is 20.4. The third-order valence-electron chi connectivity index (χ3n) is 12.2. The van der Waals surface area contributed by atoms with E-state index in [4.69, 9.17) is 42.6 Å². The second kappa shape index (κ2) is 19.4. The molecule has 15 heteroatoms. The fourth-order valence-corrected chi connectivity index (χ4v) is 8.70. The van der Waals surface area contributed by atoms with Crippen molar-refractivity contribution in [3.63, 3.8) is 0 Å². The maximum atomic E-state index is 14.3. The lowest BCUT2D eigenvalue weighted by Gasteiger charge is -2.45. The van der Waals surface area contributed by atoms with E-state index in [9.17, 15) is 24.0 Å². The van der Waals surface area contributed by atoms with E-state index in [-0.39, 0.29) is 43.3 Å². The van der Waals surface area contributed by atoms with Gasteiger partial charge in [-0.25, -0.2) is 0 Å². The summed E-state index contributed by atoms with van der Waals surface area (Å²) >= 11 is 0. The molecule has 2 unspecified atom stereocenters. The first-order valence-electron chi connectivity index (χ1n) is 20.4. The number of hydrogen-bond acceptors (Lipinski definition) is 15. The summed E-state index contributed by atoms with van der Waals surface area (Å²) in [5.41, 5.74) is -1.16. The molecule has 4 aliphatic heterocycles. The molecule has 4 saturated heterocycles. The summed E-state index contributed by atoms with van der Waals surface area (Å²) in [4.78, 5) is 67.2. The molecule has 0 aromatic heterocycles. The van der Waals surface area contributed by atoms with Crippen molar-refractivity contribution >= 4 is 29.7 Å². The van der Waals surface area contributed by atoms with Crippen LogP contribution in [0.1, 0.15) is 108 Å². The molecule has 4 fully saturated rings.